The number of methoxy groups -OCH3 is 1. The van der Waals surface area contributed by atoms with Gasteiger partial charge in [0.1, 0.15) is 17.9 Å². The van der Waals surface area contributed by atoms with Crippen LogP contribution in [0.3, 0.4) is 0 Å². The highest BCUT2D eigenvalue weighted by molar-refractivity contribution is 6.30. The minimum Gasteiger partial charge on any atom is -0.390 e. The van der Waals surface area contributed by atoms with Gasteiger partial charge in [-0.15, -0.1) is 0 Å². The Morgan fingerprint density at radius 2 is 2.09 bits per heavy atom. The second-order valence-corrected chi connectivity index (χ2v) is 9.04. The molecule has 1 aliphatic heterocycles. The minimum atomic E-state index is -0.903. The van der Waals surface area contributed by atoms with Crippen LogP contribution in [0.5, 0.6) is 0 Å². The molecule has 1 aromatic carbocycles. The minimum absolute atomic E-state index is 0.132. The number of aliphatic hydroxyl groups excluding tert-OH is 2. The molecule has 2 fully saturated rings. The van der Waals surface area contributed by atoms with E-state index in [1.807, 2.05) is 22.8 Å². The molecular formula is C22H27ClN6O3. The van der Waals surface area contributed by atoms with E-state index < -0.39 is 12.2 Å². The van der Waals surface area contributed by atoms with Crippen LogP contribution < -0.4 is 10.2 Å². The monoisotopic (exact) mass is 458 g/mol. The van der Waals surface area contributed by atoms with Crippen molar-refractivity contribution in [3.05, 3.63) is 41.9 Å². The summed E-state index contributed by atoms with van der Waals surface area (Å²) in [5.74, 6) is 0.543. The van der Waals surface area contributed by atoms with Gasteiger partial charge in [0.25, 0.3) is 0 Å². The standard InChI is InChI=1S/C22H27ClN6O3/c1-32-10-13-7-17(20(31)19(13)30)29-12-26-18-21(24-11-25-22(18)29)27-15-5-6-28(9-15)16-4-2-3-14(23)8-16/h2-4,8,11-13,15,17,19-20,30-31H,5-7,9-10H2,1H3,(H,24,25,27)/t13-,15?,17+,19-,20+/m1/s1. The molecule has 1 saturated heterocycles. The highest BCUT2D eigenvalue weighted by Gasteiger charge is 2.43. The second kappa shape index (κ2) is 8.82. The number of rotatable bonds is 6. The molecule has 3 aromatic rings. The van der Waals surface area contributed by atoms with Crippen LogP contribution in [0.15, 0.2) is 36.9 Å². The molecule has 9 nitrogen and oxygen atoms in total. The lowest BCUT2D eigenvalue weighted by Gasteiger charge is -2.20. The van der Waals surface area contributed by atoms with E-state index in [9.17, 15) is 10.2 Å². The van der Waals surface area contributed by atoms with Crippen LogP contribution in [-0.4, -0.2) is 74.8 Å². The summed E-state index contributed by atoms with van der Waals surface area (Å²) in [5.41, 5.74) is 2.41. The molecule has 5 rings (SSSR count). The van der Waals surface area contributed by atoms with E-state index in [0.29, 0.717) is 30.0 Å². The zero-order valence-corrected chi connectivity index (χ0v) is 18.6. The fourth-order valence-corrected chi connectivity index (χ4v) is 5.12. The van der Waals surface area contributed by atoms with Crippen LogP contribution in [0.1, 0.15) is 18.9 Å². The first-order chi connectivity index (χ1) is 15.5. The van der Waals surface area contributed by atoms with E-state index in [0.717, 1.165) is 30.2 Å². The number of hydrogen-bond donors (Lipinski definition) is 3. The number of nitrogens with one attached hydrogen (secondary N) is 1. The number of benzene rings is 1. The van der Waals surface area contributed by atoms with Crippen molar-refractivity contribution in [3.8, 4) is 0 Å². The molecule has 2 aromatic heterocycles. The normalized spacial score (nSPS) is 28.0. The predicted molar refractivity (Wildman–Crippen MR) is 122 cm³/mol. The summed E-state index contributed by atoms with van der Waals surface area (Å²) in [6.45, 7) is 2.15. The second-order valence-electron chi connectivity index (χ2n) is 8.60. The first kappa shape index (κ1) is 21.4. The van der Waals surface area contributed by atoms with Crippen LogP contribution in [-0.2, 0) is 4.74 Å². The lowest BCUT2D eigenvalue weighted by molar-refractivity contribution is -0.00886. The maximum absolute atomic E-state index is 10.6. The lowest BCUT2D eigenvalue weighted by atomic mass is 10.1. The zero-order chi connectivity index (χ0) is 22.2. The number of ether oxygens (including phenoxy) is 1. The van der Waals surface area contributed by atoms with Gasteiger partial charge < -0.3 is 29.7 Å². The quantitative estimate of drug-likeness (QED) is 0.515. The van der Waals surface area contributed by atoms with Crippen LogP contribution in [0, 0.1) is 5.92 Å². The van der Waals surface area contributed by atoms with Crippen molar-refractivity contribution < 1.29 is 14.9 Å². The third kappa shape index (κ3) is 3.90. The maximum Gasteiger partial charge on any atom is 0.165 e. The van der Waals surface area contributed by atoms with Gasteiger partial charge in [-0.2, -0.15) is 0 Å². The number of nitrogens with zero attached hydrogens (tertiary/aromatic N) is 5. The first-order valence-corrected chi connectivity index (χ1v) is 11.2. The number of fused-ring (bicyclic) bond motifs is 1. The summed E-state index contributed by atoms with van der Waals surface area (Å²) in [4.78, 5) is 15.7. The molecule has 10 heteroatoms. The Kier molecular flexibility index (Phi) is 5.90. The summed E-state index contributed by atoms with van der Waals surface area (Å²) in [5, 5.41) is 25.3. The number of aromatic nitrogens is 4. The van der Waals surface area contributed by atoms with Gasteiger partial charge in [-0.05, 0) is 31.0 Å². The van der Waals surface area contributed by atoms with E-state index >= 15 is 0 Å². The van der Waals surface area contributed by atoms with Gasteiger partial charge in [-0.1, -0.05) is 17.7 Å². The van der Waals surface area contributed by atoms with Crippen LogP contribution in [0.4, 0.5) is 11.5 Å². The Balaban J connectivity index is 1.34. The van der Waals surface area contributed by atoms with E-state index in [1.54, 1.807) is 13.4 Å². The number of imidazole rings is 1. The average molecular weight is 459 g/mol. The zero-order valence-electron chi connectivity index (χ0n) is 17.8. The van der Waals surface area contributed by atoms with E-state index in [4.69, 9.17) is 16.3 Å². The molecule has 0 amide bonds. The molecular weight excluding hydrogens is 432 g/mol. The topological polar surface area (TPSA) is 109 Å². The van der Waals surface area contributed by atoms with Crippen molar-refractivity contribution in [3.63, 3.8) is 0 Å². The molecule has 170 valence electrons. The van der Waals surface area contributed by atoms with Crippen molar-refractivity contribution in [2.24, 2.45) is 5.92 Å². The molecule has 2 aliphatic rings. The Labute approximate surface area is 191 Å². The average Bonchev–Trinajstić information content (AvgIpc) is 3.49. The highest BCUT2D eigenvalue weighted by atomic mass is 35.5. The van der Waals surface area contributed by atoms with Gasteiger partial charge in [0.15, 0.2) is 11.5 Å². The fourth-order valence-electron chi connectivity index (χ4n) is 4.93. The van der Waals surface area contributed by atoms with Gasteiger partial charge in [0.05, 0.1) is 25.1 Å². The molecule has 0 radical (unpaired) electrons. The van der Waals surface area contributed by atoms with Gasteiger partial charge in [-0.3, -0.25) is 0 Å². The summed E-state index contributed by atoms with van der Waals surface area (Å²) < 4.78 is 7.04. The van der Waals surface area contributed by atoms with Crippen molar-refractivity contribution in [1.82, 2.24) is 19.5 Å². The van der Waals surface area contributed by atoms with Gasteiger partial charge in [-0.25, -0.2) is 15.0 Å². The van der Waals surface area contributed by atoms with Gasteiger partial charge in [0.2, 0.25) is 0 Å². The largest absolute Gasteiger partial charge is 0.390 e. The summed E-state index contributed by atoms with van der Waals surface area (Å²) in [6.07, 6.45) is 2.99. The Hall–Kier alpha value is -2.46. The van der Waals surface area contributed by atoms with E-state index in [-0.39, 0.29) is 18.0 Å². The highest BCUT2D eigenvalue weighted by Crippen LogP contribution is 2.37. The molecule has 5 atom stereocenters. The van der Waals surface area contributed by atoms with Crippen LogP contribution in [0.25, 0.3) is 11.2 Å². The SMILES string of the molecule is COC[C@H]1C[C@H](n2cnc3c(NC4CCN(c5cccc(Cl)c5)C4)ncnc32)[C@H](O)[C@@H]1O. The Bertz CT molecular complexity index is 1090. The van der Waals surface area contributed by atoms with Crippen molar-refractivity contribution >= 4 is 34.3 Å². The van der Waals surface area contributed by atoms with Gasteiger partial charge in [0, 0.05) is 42.9 Å². The lowest BCUT2D eigenvalue weighted by Crippen LogP contribution is -2.30. The number of aliphatic hydroxyl groups is 2. The molecule has 32 heavy (non-hydrogen) atoms. The third-order valence-corrected chi connectivity index (χ3v) is 6.81. The number of halogens is 1. The summed E-state index contributed by atoms with van der Waals surface area (Å²) in [6, 6.07) is 7.78. The predicted octanol–water partition coefficient (Wildman–Crippen LogP) is 2.10. The molecule has 0 spiro atoms. The number of hydrogen-bond acceptors (Lipinski definition) is 8. The third-order valence-electron chi connectivity index (χ3n) is 6.57. The molecule has 1 aliphatic carbocycles. The smallest absolute Gasteiger partial charge is 0.165 e. The molecule has 3 heterocycles. The van der Waals surface area contributed by atoms with Crippen LogP contribution in [0.2, 0.25) is 5.02 Å². The van der Waals surface area contributed by atoms with Crippen molar-refractivity contribution in [2.75, 3.05) is 37.0 Å². The van der Waals surface area contributed by atoms with E-state index in [2.05, 4.69) is 31.2 Å². The van der Waals surface area contributed by atoms with Crippen molar-refractivity contribution in [2.45, 2.75) is 37.1 Å². The summed E-state index contributed by atoms with van der Waals surface area (Å²) >= 11 is 6.15. The fraction of sp³-hybridized carbons (Fsp3) is 0.500. The Morgan fingerprint density at radius 1 is 1.22 bits per heavy atom. The maximum atomic E-state index is 10.6. The van der Waals surface area contributed by atoms with Gasteiger partial charge >= 0.3 is 0 Å². The first-order valence-electron chi connectivity index (χ1n) is 10.8. The van der Waals surface area contributed by atoms with Crippen LogP contribution >= 0.6 is 11.6 Å². The molecule has 1 saturated carbocycles. The Morgan fingerprint density at radius 3 is 2.91 bits per heavy atom. The summed E-state index contributed by atoms with van der Waals surface area (Å²) in [7, 11) is 1.60. The van der Waals surface area contributed by atoms with E-state index in [1.165, 1.54) is 6.33 Å². The number of anilines is 2. The molecule has 1 unspecified atom stereocenters. The molecule has 3 N–H and O–H groups in total. The molecule has 0 bridgehead atoms. The van der Waals surface area contributed by atoms with Crippen molar-refractivity contribution in [1.29, 1.82) is 0 Å².